The van der Waals surface area contributed by atoms with E-state index in [1.54, 1.807) is 0 Å². The maximum Gasteiger partial charge on any atom is 0.178 e. The second-order valence-electron chi connectivity index (χ2n) is 10.7. The summed E-state index contributed by atoms with van der Waals surface area (Å²) in [4.78, 5) is 5.05. The third kappa shape index (κ3) is 6.04. The van der Waals surface area contributed by atoms with Gasteiger partial charge in [-0.1, -0.05) is 109 Å². The van der Waals surface area contributed by atoms with E-state index in [1.165, 1.54) is 22.3 Å². The van der Waals surface area contributed by atoms with E-state index in [2.05, 4.69) is 154 Å². The van der Waals surface area contributed by atoms with Crippen molar-refractivity contribution in [3.8, 4) is 16.8 Å². The fourth-order valence-electron chi connectivity index (χ4n) is 5.81. The van der Waals surface area contributed by atoms with Gasteiger partial charge in [-0.15, -0.1) is 5.10 Å². The Hall–Kier alpha value is -4.39. The minimum Gasteiger partial charge on any atom is -0.297 e. The van der Waals surface area contributed by atoms with Crippen molar-refractivity contribution in [1.82, 2.24) is 30.0 Å². The smallest absolute Gasteiger partial charge is 0.178 e. The first kappa shape index (κ1) is 26.8. The van der Waals surface area contributed by atoms with E-state index in [9.17, 15) is 0 Å². The van der Waals surface area contributed by atoms with Gasteiger partial charge in [0.2, 0.25) is 0 Å². The van der Waals surface area contributed by atoms with E-state index in [4.69, 9.17) is 0 Å². The van der Waals surface area contributed by atoms with Crippen molar-refractivity contribution in [3.63, 3.8) is 0 Å². The van der Waals surface area contributed by atoms with E-state index in [0.29, 0.717) is 0 Å². The first-order valence-electron chi connectivity index (χ1n) is 14.4. The van der Waals surface area contributed by atoms with E-state index in [-0.39, 0.29) is 6.04 Å². The average molecular weight is 541 g/mol. The van der Waals surface area contributed by atoms with Gasteiger partial charge in [0.05, 0.1) is 11.7 Å². The third-order valence-corrected chi connectivity index (χ3v) is 7.94. The highest BCUT2D eigenvalue weighted by molar-refractivity contribution is 5.64. The van der Waals surface area contributed by atoms with Gasteiger partial charge in [0.25, 0.3) is 0 Å². The summed E-state index contributed by atoms with van der Waals surface area (Å²) in [5, 5.41) is 13.4. The van der Waals surface area contributed by atoms with Gasteiger partial charge in [-0.25, -0.2) is 0 Å². The van der Waals surface area contributed by atoms with Gasteiger partial charge in [-0.2, -0.15) is 4.68 Å². The Morgan fingerprint density at radius 2 is 1.39 bits per heavy atom. The van der Waals surface area contributed by atoms with Crippen LogP contribution in [0.1, 0.15) is 34.1 Å². The molecule has 41 heavy (non-hydrogen) atoms. The van der Waals surface area contributed by atoms with E-state index < -0.39 is 0 Å². The lowest BCUT2D eigenvalue weighted by atomic mass is 9.97. The summed E-state index contributed by atoms with van der Waals surface area (Å²) in [5.41, 5.74) is 8.22. The quantitative estimate of drug-likeness (QED) is 0.229. The molecule has 0 N–H and O–H groups in total. The van der Waals surface area contributed by atoms with Crippen LogP contribution in [0.5, 0.6) is 0 Å². The molecule has 0 saturated carbocycles. The maximum absolute atomic E-state index is 4.67. The molecule has 4 aromatic carbocycles. The highest BCUT2D eigenvalue weighted by atomic mass is 15.6. The highest BCUT2D eigenvalue weighted by Gasteiger charge is 2.31. The van der Waals surface area contributed by atoms with Crippen molar-refractivity contribution >= 4 is 6.08 Å². The molecule has 0 aliphatic carbocycles. The molecule has 6 rings (SSSR count). The van der Waals surface area contributed by atoms with Crippen LogP contribution in [0.25, 0.3) is 22.9 Å². The van der Waals surface area contributed by atoms with Crippen LogP contribution >= 0.6 is 0 Å². The summed E-state index contributed by atoms with van der Waals surface area (Å²) in [6.45, 7) is 9.02. The van der Waals surface area contributed by atoms with Gasteiger partial charge < -0.3 is 0 Å². The Morgan fingerprint density at radius 3 is 2.12 bits per heavy atom. The molecule has 1 aromatic heterocycles. The fraction of sp³-hybridized carbons (Fsp3) is 0.229. The Morgan fingerprint density at radius 1 is 0.732 bits per heavy atom. The highest BCUT2D eigenvalue weighted by Crippen LogP contribution is 2.33. The number of rotatable bonds is 8. The molecule has 1 aliphatic rings. The van der Waals surface area contributed by atoms with E-state index >= 15 is 0 Å². The molecule has 0 unspecified atom stereocenters. The van der Waals surface area contributed by atoms with Gasteiger partial charge in [-0.3, -0.25) is 9.80 Å². The number of hydrogen-bond acceptors (Lipinski definition) is 5. The summed E-state index contributed by atoms with van der Waals surface area (Å²) < 4.78 is 1.96. The maximum atomic E-state index is 4.67. The molecule has 1 aliphatic heterocycles. The zero-order valence-electron chi connectivity index (χ0n) is 23.8. The summed E-state index contributed by atoms with van der Waals surface area (Å²) in [6.07, 6.45) is 4.48. The standard InChI is InChI=1S/C35H36N6/c1-27-12-9-13-28(2)33(27)41-35(36-37-38-41)34(32-20-10-19-31(26-32)30-17-7-4-8-18-30)40-24-22-39(23-25-40)21-11-16-29-14-5-3-6-15-29/h3-20,26,34H,21-25H2,1-2H3/b16-11+/t34-/m0/s1. The van der Waals surface area contributed by atoms with E-state index in [0.717, 1.165) is 55.4 Å². The largest absolute Gasteiger partial charge is 0.297 e. The Bertz CT molecular complexity index is 1580. The molecule has 1 atom stereocenters. The second kappa shape index (κ2) is 12.4. The zero-order chi connectivity index (χ0) is 28.0. The molecule has 0 radical (unpaired) electrons. The predicted octanol–water partition coefficient (Wildman–Crippen LogP) is 6.37. The molecule has 5 aromatic rings. The number of aromatic nitrogens is 4. The SMILES string of the molecule is Cc1cccc(C)c1-n1nnnc1[C@H](c1cccc(-c2ccccc2)c1)N1CCN(C/C=C/c2ccccc2)CC1. The summed E-state index contributed by atoms with van der Waals surface area (Å²) >= 11 is 0. The number of hydrogen-bond donors (Lipinski definition) is 0. The van der Waals surface area contributed by atoms with Crippen LogP contribution in [0.2, 0.25) is 0 Å². The molecule has 6 heteroatoms. The summed E-state index contributed by atoms with van der Waals surface area (Å²) in [5.74, 6) is 0.852. The van der Waals surface area contributed by atoms with Crippen LogP contribution in [0.4, 0.5) is 0 Å². The Balaban J connectivity index is 1.31. The molecule has 206 valence electrons. The molecular weight excluding hydrogens is 504 g/mol. The number of benzene rings is 4. The number of nitrogens with zero attached hydrogens (tertiary/aromatic N) is 6. The molecule has 2 heterocycles. The monoisotopic (exact) mass is 540 g/mol. The van der Waals surface area contributed by atoms with Gasteiger partial charge >= 0.3 is 0 Å². The number of piperazine rings is 1. The zero-order valence-corrected chi connectivity index (χ0v) is 23.8. The number of para-hydroxylation sites is 1. The first-order chi connectivity index (χ1) is 20.2. The molecule has 1 saturated heterocycles. The van der Waals surface area contributed by atoms with Crippen molar-refractivity contribution in [2.75, 3.05) is 32.7 Å². The van der Waals surface area contributed by atoms with Crippen LogP contribution in [0.15, 0.2) is 109 Å². The lowest BCUT2D eigenvalue weighted by molar-refractivity contribution is 0.113. The minimum atomic E-state index is -0.0744. The van der Waals surface area contributed by atoms with Crippen LogP contribution < -0.4 is 0 Å². The number of tetrazole rings is 1. The first-order valence-corrected chi connectivity index (χ1v) is 14.4. The van der Waals surface area contributed by atoms with Crippen LogP contribution in [0.3, 0.4) is 0 Å². The van der Waals surface area contributed by atoms with Crippen molar-refractivity contribution in [2.24, 2.45) is 0 Å². The van der Waals surface area contributed by atoms with Gasteiger partial charge in [-0.05, 0) is 63.7 Å². The predicted molar refractivity (Wildman–Crippen MR) is 166 cm³/mol. The van der Waals surface area contributed by atoms with Crippen molar-refractivity contribution in [3.05, 3.63) is 137 Å². The molecule has 0 amide bonds. The molecular formula is C35H36N6. The normalized spacial score (nSPS) is 15.4. The van der Waals surface area contributed by atoms with Crippen molar-refractivity contribution < 1.29 is 0 Å². The molecule has 6 nitrogen and oxygen atoms in total. The summed E-state index contributed by atoms with van der Waals surface area (Å²) in [6, 6.07) is 36.2. The topological polar surface area (TPSA) is 50.1 Å². The molecule has 0 spiro atoms. The van der Waals surface area contributed by atoms with Crippen molar-refractivity contribution in [2.45, 2.75) is 19.9 Å². The Kier molecular flexibility index (Phi) is 8.12. The van der Waals surface area contributed by atoms with Crippen LogP contribution in [-0.2, 0) is 0 Å². The average Bonchev–Trinajstić information content (AvgIpc) is 3.48. The lowest BCUT2D eigenvalue weighted by Gasteiger charge is -2.38. The minimum absolute atomic E-state index is 0.0744. The van der Waals surface area contributed by atoms with Crippen LogP contribution in [0, 0.1) is 13.8 Å². The fourth-order valence-corrected chi connectivity index (χ4v) is 5.81. The van der Waals surface area contributed by atoms with E-state index in [1.807, 2.05) is 4.68 Å². The van der Waals surface area contributed by atoms with Crippen LogP contribution in [-0.4, -0.2) is 62.7 Å². The van der Waals surface area contributed by atoms with Gasteiger partial charge in [0.1, 0.15) is 0 Å². The van der Waals surface area contributed by atoms with Crippen molar-refractivity contribution in [1.29, 1.82) is 0 Å². The van der Waals surface area contributed by atoms with Gasteiger partial charge in [0, 0.05) is 32.7 Å². The second-order valence-corrected chi connectivity index (χ2v) is 10.7. The number of aryl methyl sites for hydroxylation is 2. The van der Waals surface area contributed by atoms with Gasteiger partial charge in [0.15, 0.2) is 5.82 Å². The third-order valence-electron chi connectivity index (χ3n) is 7.94. The molecule has 0 bridgehead atoms. The molecule has 1 fully saturated rings. The lowest BCUT2D eigenvalue weighted by Crippen LogP contribution is -2.48. The summed E-state index contributed by atoms with van der Waals surface area (Å²) in [7, 11) is 0. The Labute approximate surface area is 242 Å².